The highest BCUT2D eigenvalue weighted by Gasteiger charge is 2.74. The number of esters is 1. The first kappa shape index (κ1) is 21.8. The molecule has 0 amide bonds. The topological polar surface area (TPSA) is 26.3 Å². The molecule has 2 nitrogen and oxygen atoms in total. The number of hydrogen-bond donors (Lipinski definition) is 0. The molecule has 3 atom stereocenters. The molecular formula is C13H14F10O2. The van der Waals surface area contributed by atoms with E-state index in [1.54, 1.807) is 0 Å². The van der Waals surface area contributed by atoms with Gasteiger partial charge in [-0.25, -0.2) is 22.0 Å². The van der Waals surface area contributed by atoms with Crippen molar-refractivity contribution in [2.24, 2.45) is 11.8 Å². The Hall–Kier alpha value is -1.23. The number of carbonyl (C=O) groups excluding carboxylic acids is 1. The first-order valence-electron chi connectivity index (χ1n) is 6.92. The molecular weight excluding hydrogens is 378 g/mol. The van der Waals surface area contributed by atoms with Gasteiger partial charge in [-0.05, 0) is 18.8 Å². The van der Waals surface area contributed by atoms with Gasteiger partial charge in [0.1, 0.15) is 5.92 Å². The van der Waals surface area contributed by atoms with Gasteiger partial charge < -0.3 is 4.74 Å². The Labute approximate surface area is 135 Å². The Balaban J connectivity index is 3.05. The van der Waals surface area contributed by atoms with Crippen LogP contribution in [-0.4, -0.2) is 42.2 Å². The van der Waals surface area contributed by atoms with Crippen molar-refractivity contribution < 1.29 is 53.4 Å². The summed E-state index contributed by atoms with van der Waals surface area (Å²) in [7, 11) is 0. The van der Waals surface area contributed by atoms with Crippen molar-refractivity contribution in [2.45, 2.75) is 56.3 Å². The van der Waals surface area contributed by atoms with Crippen LogP contribution in [0.15, 0.2) is 0 Å². The van der Waals surface area contributed by atoms with Gasteiger partial charge in [0.05, 0.1) is 0 Å². The van der Waals surface area contributed by atoms with Gasteiger partial charge in [-0.15, -0.1) is 0 Å². The first-order chi connectivity index (χ1) is 10.9. The van der Waals surface area contributed by atoms with Gasteiger partial charge in [-0.1, -0.05) is 6.92 Å². The van der Waals surface area contributed by atoms with Gasteiger partial charge in [0.2, 0.25) is 5.67 Å². The SMILES string of the molecule is CC1CC(C(=O)OCC(F)(F)C(F)(F)F)C(F)(F)C(F)(C(C)(F)F)C1. The van der Waals surface area contributed by atoms with Crippen LogP contribution in [0.5, 0.6) is 0 Å². The summed E-state index contributed by atoms with van der Waals surface area (Å²) in [5.74, 6) is -21.6. The monoisotopic (exact) mass is 392 g/mol. The number of ether oxygens (including phenoxy) is 1. The van der Waals surface area contributed by atoms with Crippen LogP contribution < -0.4 is 0 Å². The summed E-state index contributed by atoms with van der Waals surface area (Å²) in [6.45, 7) is -1.70. The third-order valence-corrected chi connectivity index (χ3v) is 4.02. The van der Waals surface area contributed by atoms with E-state index in [0.717, 1.165) is 6.92 Å². The predicted molar refractivity (Wildman–Crippen MR) is 63.3 cm³/mol. The maximum atomic E-state index is 14.3. The lowest BCUT2D eigenvalue weighted by Gasteiger charge is -2.46. The van der Waals surface area contributed by atoms with Crippen molar-refractivity contribution >= 4 is 5.97 Å². The lowest BCUT2D eigenvalue weighted by molar-refractivity contribution is -0.300. The van der Waals surface area contributed by atoms with E-state index < -0.39 is 66.9 Å². The highest BCUT2D eigenvalue weighted by atomic mass is 19.4. The van der Waals surface area contributed by atoms with Crippen molar-refractivity contribution in [3.8, 4) is 0 Å². The van der Waals surface area contributed by atoms with Crippen LogP contribution >= 0.6 is 0 Å². The Morgan fingerprint density at radius 3 is 1.96 bits per heavy atom. The Morgan fingerprint density at radius 2 is 1.56 bits per heavy atom. The van der Waals surface area contributed by atoms with Crippen molar-refractivity contribution in [3.63, 3.8) is 0 Å². The number of hydrogen-bond acceptors (Lipinski definition) is 2. The average molecular weight is 392 g/mol. The number of rotatable bonds is 4. The highest BCUT2D eigenvalue weighted by Crippen LogP contribution is 2.56. The lowest BCUT2D eigenvalue weighted by atomic mass is 9.68. The molecule has 1 fully saturated rings. The second-order valence-corrected chi connectivity index (χ2v) is 6.22. The molecule has 1 rings (SSSR count). The molecule has 0 heterocycles. The fourth-order valence-electron chi connectivity index (χ4n) is 2.59. The van der Waals surface area contributed by atoms with E-state index in [9.17, 15) is 48.7 Å². The molecule has 0 saturated heterocycles. The van der Waals surface area contributed by atoms with E-state index in [0.29, 0.717) is 0 Å². The van der Waals surface area contributed by atoms with Crippen molar-refractivity contribution in [2.75, 3.05) is 6.61 Å². The molecule has 0 spiro atoms. The highest BCUT2D eigenvalue weighted by molar-refractivity contribution is 5.74. The molecule has 0 aromatic carbocycles. The summed E-state index contributed by atoms with van der Waals surface area (Å²) in [6.07, 6.45) is -8.35. The van der Waals surface area contributed by atoms with E-state index in [-0.39, 0.29) is 6.92 Å². The van der Waals surface area contributed by atoms with Crippen LogP contribution in [-0.2, 0) is 9.53 Å². The fourth-order valence-corrected chi connectivity index (χ4v) is 2.59. The average Bonchev–Trinajstić information content (AvgIpc) is 2.38. The quantitative estimate of drug-likeness (QED) is 0.509. The Kier molecular flexibility index (Phi) is 5.40. The molecule has 1 aliphatic carbocycles. The molecule has 0 bridgehead atoms. The van der Waals surface area contributed by atoms with Gasteiger partial charge in [-0.3, -0.25) is 4.79 Å². The van der Waals surface area contributed by atoms with Crippen molar-refractivity contribution in [3.05, 3.63) is 0 Å². The number of carbonyl (C=O) groups is 1. The second kappa shape index (κ2) is 6.19. The molecule has 0 aliphatic heterocycles. The summed E-state index contributed by atoms with van der Waals surface area (Å²) in [5.41, 5.74) is -4.48. The normalized spacial score (nSPS) is 30.9. The van der Waals surface area contributed by atoms with Crippen LogP contribution in [0.2, 0.25) is 0 Å². The summed E-state index contributed by atoms with van der Waals surface area (Å²) >= 11 is 0. The Bertz CT molecular complexity index is 510. The predicted octanol–water partition coefficient (Wildman–Crippen LogP) is 4.77. The summed E-state index contributed by atoms with van der Waals surface area (Å²) in [6, 6.07) is 0. The molecule has 12 heteroatoms. The number of halogens is 10. The molecule has 0 aromatic heterocycles. The van der Waals surface area contributed by atoms with E-state index in [4.69, 9.17) is 0 Å². The summed E-state index contributed by atoms with van der Waals surface area (Å²) in [5, 5.41) is 0. The fraction of sp³-hybridized carbons (Fsp3) is 0.923. The van der Waals surface area contributed by atoms with Crippen LogP contribution in [0.25, 0.3) is 0 Å². The third kappa shape index (κ3) is 3.81. The minimum atomic E-state index is -6.12. The molecule has 0 aromatic rings. The molecule has 1 saturated carbocycles. The number of alkyl halides is 10. The van der Waals surface area contributed by atoms with E-state index in [1.165, 1.54) is 0 Å². The van der Waals surface area contributed by atoms with E-state index in [2.05, 4.69) is 4.74 Å². The molecule has 0 radical (unpaired) electrons. The van der Waals surface area contributed by atoms with E-state index >= 15 is 0 Å². The van der Waals surface area contributed by atoms with Gasteiger partial charge in [0.25, 0.3) is 5.92 Å². The minimum absolute atomic E-state index is 0.140. The molecule has 3 unspecified atom stereocenters. The first-order valence-corrected chi connectivity index (χ1v) is 6.92. The summed E-state index contributed by atoms with van der Waals surface area (Å²) < 4.78 is 134. The minimum Gasteiger partial charge on any atom is -0.458 e. The third-order valence-electron chi connectivity index (χ3n) is 4.02. The second-order valence-electron chi connectivity index (χ2n) is 6.22. The van der Waals surface area contributed by atoms with Gasteiger partial charge in [0, 0.05) is 6.92 Å². The van der Waals surface area contributed by atoms with Gasteiger partial charge in [-0.2, -0.15) is 22.0 Å². The molecule has 0 N–H and O–H groups in total. The zero-order valence-corrected chi connectivity index (χ0v) is 12.9. The van der Waals surface area contributed by atoms with Crippen LogP contribution in [0.1, 0.15) is 26.7 Å². The maximum absolute atomic E-state index is 14.3. The molecule has 1 aliphatic rings. The molecule has 148 valence electrons. The smallest absolute Gasteiger partial charge is 0.456 e. The van der Waals surface area contributed by atoms with Crippen molar-refractivity contribution in [1.82, 2.24) is 0 Å². The van der Waals surface area contributed by atoms with Crippen molar-refractivity contribution in [1.29, 1.82) is 0 Å². The summed E-state index contributed by atoms with van der Waals surface area (Å²) in [4.78, 5) is 11.5. The van der Waals surface area contributed by atoms with Gasteiger partial charge in [0.15, 0.2) is 6.61 Å². The molecule has 25 heavy (non-hydrogen) atoms. The Morgan fingerprint density at radius 1 is 1.08 bits per heavy atom. The zero-order chi connectivity index (χ0) is 20.1. The van der Waals surface area contributed by atoms with Crippen LogP contribution in [0.4, 0.5) is 43.9 Å². The standard InChI is InChI=1S/C13H14F10O2/c1-6-3-7(8(24)25-5-11(17,18)13(21,22)23)12(19,20)10(16,4-6)9(2,14)15/h6-7H,3-5H2,1-2H3. The zero-order valence-electron chi connectivity index (χ0n) is 12.9. The largest absolute Gasteiger partial charge is 0.458 e. The van der Waals surface area contributed by atoms with Crippen LogP contribution in [0, 0.1) is 11.8 Å². The lowest BCUT2D eigenvalue weighted by Crippen LogP contribution is -2.64. The van der Waals surface area contributed by atoms with E-state index in [1.807, 2.05) is 0 Å². The maximum Gasteiger partial charge on any atom is 0.456 e. The van der Waals surface area contributed by atoms with Crippen LogP contribution in [0.3, 0.4) is 0 Å². The van der Waals surface area contributed by atoms with Gasteiger partial charge >= 0.3 is 24.0 Å².